The quantitative estimate of drug-likeness (QED) is 0.503. The first kappa shape index (κ1) is 20.1. The fourth-order valence-corrected chi connectivity index (χ4v) is 3.15. The molecule has 0 aliphatic carbocycles. The van der Waals surface area contributed by atoms with Crippen molar-refractivity contribution in [2.75, 3.05) is 27.2 Å². The summed E-state index contributed by atoms with van der Waals surface area (Å²) < 4.78 is 11.4. The number of hydrogen-bond donors (Lipinski definition) is 0. The molecule has 0 amide bonds. The van der Waals surface area contributed by atoms with Crippen LogP contribution >= 0.6 is 11.8 Å². The highest BCUT2D eigenvalue weighted by atomic mass is 32.2. The van der Waals surface area contributed by atoms with Gasteiger partial charge in [-0.3, -0.25) is 4.79 Å². The number of aromatic nitrogens is 2. The first-order valence-electron chi connectivity index (χ1n) is 9.04. The minimum atomic E-state index is -0.0175. The summed E-state index contributed by atoms with van der Waals surface area (Å²) in [4.78, 5) is 14.3. The lowest BCUT2D eigenvalue weighted by molar-refractivity contribution is 0.108. The van der Waals surface area contributed by atoms with E-state index in [1.807, 2.05) is 56.6 Å². The highest BCUT2D eigenvalue weighted by molar-refractivity contribution is 8.13. The Labute approximate surface area is 168 Å². The Balaban J connectivity index is 1.51. The molecule has 6 nitrogen and oxygen atoms in total. The molecule has 146 valence electrons. The number of hydrogen-bond acceptors (Lipinski definition) is 7. The predicted molar refractivity (Wildman–Crippen MR) is 110 cm³/mol. The molecule has 0 atom stereocenters. The summed E-state index contributed by atoms with van der Waals surface area (Å²) in [5.41, 5.74) is 1.48. The fraction of sp³-hybridized carbons (Fsp3) is 0.286. The molecule has 3 aromatic rings. The van der Waals surface area contributed by atoms with Crippen molar-refractivity contribution in [3.05, 3.63) is 66.1 Å². The first-order chi connectivity index (χ1) is 13.6. The van der Waals surface area contributed by atoms with Gasteiger partial charge in [0.15, 0.2) is 0 Å². The maximum atomic E-state index is 12.1. The van der Waals surface area contributed by atoms with Gasteiger partial charge in [0.25, 0.3) is 0 Å². The average Bonchev–Trinajstić information content (AvgIpc) is 3.19. The molecule has 0 fully saturated rings. The van der Waals surface area contributed by atoms with Crippen LogP contribution in [0.4, 0.5) is 0 Å². The van der Waals surface area contributed by atoms with E-state index in [1.165, 1.54) is 0 Å². The molecule has 3 rings (SSSR count). The molecule has 1 aromatic heterocycles. The Morgan fingerprint density at radius 2 is 1.82 bits per heavy atom. The van der Waals surface area contributed by atoms with Crippen molar-refractivity contribution in [1.29, 1.82) is 0 Å². The van der Waals surface area contributed by atoms with Gasteiger partial charge in [0.05, 0.1) is 12.4 Å². The number of carbonyl (C=O) groups is 1. The summed E-state index contributed by atoms with van der Waals surface area (Å²) in [7, 11) is 4.09. The van der Waals surface area contributed by atoms with Crippen LogP contribution in [0.25, 0.3) is 11.5 Å². The Bertz CT molecular complexity index is 879. The van der Waals surface area contributed by atoms with Crippen LogP contribution in [0.2, 0.25) is 0 Å². The van der Waals surface area contributed by atoms with Gasteiger partial charge in [-0.1, -0.05) is 42.1 Å². The number of nitrogens with zero attached hydrogens (tertiary/aromatic N) is 3. The van der Waals surface area contributed by atoms with Gasteiger partial charge in [-0.05, 0) is 44.8 Å². The molecule has 0 unspecified atom stereocenters. The number of rotatable bonds is 9. The van der Waals surface area contributed by atoms with Crippen LogP contribution in [0.5, 0.6) is 5.75 Å². The van der Waals surface area contributed by atoms with E-state index >= 15 is 0 Å². The van der Waals surface area contributed by atoms with Gasteiger partial charge in [-0.25, -0.2) is 0 Å². The third-order valence-corrected chi connectivity index (χ3v) is 4.81. The van der Waals surface area contributed by atoms with Gasteiger partial charge in [0.2, 0.25) is 16.9 Å². The molecule has 7 heteroatoms. The van der Waals surface area contributed by atoms with E-state index in [0.29, 0.717) is 29.7 Å². The van der Waals surface area contributed by atoms with Gasteiger partial charge < -0.3 is 14.1 Å². The SMILES string of the molecule is CN(C)CCCOc1ccc(-c2nnc(CSC(=O)c3ccccc3)o2)cc1. The van der Waals surface area contributed by atoms with Crippen molar-refractivity contribution in [1.82, 2.24) is 15.1 Å². The Kier molecular flexibility index (Phi) is 7.22. The molecule has 0 radical (unpaired) electrons. The Morgan fingerprint density at radius 3 is 2.54 bits per heavy atom. The average molecular weight is 398 g/mol. The van der Waals surface area contributed by atoms with Crippen molar-refractivity contribution in [3.63, 3.8) is 0 Å². The molecule has 0 aliphatic heterocycles. The molecule has 0 spiro atoms. The third kappa shape index (κ3) is 5.94. The molecule has 2 aromatic carbocycles. The smallest absolute Gasteiger partial charge is 0.247 e. The van der Waals surface area contributed by atoms with E-state index in [9.17, 15) is 4.79 Å². The number of benzene rings is 2. The molecule has 0 N–H and O–H groups in total. The first-order valence-corrected chi connectivity index (χ1v) is 10.0. The van der Waals surface area contributed by atoms with Gasteiger partial charge in [-0.15, -0.1) is 10.2 Å². The van der Waals surface area contributed by atoms with Crippen LogP contribution in [0.15, 0.2) is 59.0 Å². The summed E-state index contributed by atoms with van der Waals surface area (Å²) in [6, 6.07) is 16.7. The molecule has 28 heavy (non-hydrogen) atoms. The lowest BCUT2D eigenvalue weighted by atomic mass is 10.2. The van der Waals surface area contributed by atoms with Crippen LogP contribution in [-0.4, -0.2) is 47.5 Å². The van der Waals surface area contributed by atoms with E-state index in [-0.39, 0.29) is 5.12 Å². The van der Waals surface area contributed by atoms with Crippen molar-refractivity contribution >= 4 is 16.9 Å². The monoisotopic (exact) mass is 397 g/mol. The van der Waals surface area contributed by atoms with Crippen LogP contribution in [0.3, 0.4) is 0 Å². The van der Waals surface area contributed by atoms with Crippen molar-refractivity contribution in [2.45, 2.75) is 12.2 Å². The molecular formula is C21H23N3O3S. The number of ether oxygens (including phenoxy) is 1. The van der Waals surface area contributed by atoms with Crippen LogP contribution in [0, 0.1) is 0 Å². The van der Waals surface area contributed by atoms with Crippen molar-refractivity contribution in [2.24, 2.45) is 0 Å². The standard InChI is InChI=1S/C21H23N3O3S/c1-24(2)13-6-14-26-18-11-9-16(10-12-18)20-23-22-19(27-20)15-28-21(25)17-7-4-3-5-8-17/h3-5,7-12H,6,13-15H2,1-2H3. The second-order valence-corrected chi connectivity index (χ2v) is 7.42. The van der Waals surface area contributed by atoms with E-state index in [0.717, 1.165) is 36.0 Å². The second-order valence-electron chi connectivity index (χ2n) is 6.47. The maximum Gasteiger partial charge on any atom is 0.247 e. The van der Waals surface area contributed by atoms with Crippen LogP contribution in [-0.2, 0) is 5.75 Å². The molecule has 0 aliphatic rings. The zero-order valence-corrected chi connectivity index (χ0v) is 16.8. The van der Waals surface area contributed by atoms with Crippen LogP contribution < -0.4 is 4.74 Å². The Morgan fingerprint density at radius 1 is 1.07 bits per heavy atom. The van der Waals surface area contributed by atoms with E-state index < -0.39 is 0 Å². The van der Waals surface area contributed by atoms with Gasteiger partial charge in [0.1, 0.15) is 5.75 Å². The predicted octanol–water partition coefficient (Wildman–Crippen LogP) is 4.14. The van der Waals surface area contributed by atoms with E-state index in [2.05, 4.69) is 15.1 Å². The van der Waals surface area contributed by atoms with Crippen LogP contribution in [0.1, 0.15) is 22.7 Å². The maximum absolute atomic E-state index is 12.1. The fourth-order valence-electron chi connectivity index (χ4n) is 2.48. The Hall–Kier alpha value is -2.64. The van der Waals surface area contributed by atoms with E-state index in [4.69, 9.17) is 9.15 Å². The zero-order valence-electron chi connectivity index (χ0n) is 16.0. The molecule has 0 bridgehead atoms. The van der Waals surface area contributed by atoms with E-state index in [1.54, 1.807) is 12.1 Å². The number of carbonyl (C=O) groups excluding carboxylic acids is 1. The summed E-state index contributed by atoms with van der Waals surface area (Å²) >= 11 is 1.15. The van der Waals surface area contributed by atoms with Gasteiger partial charge in [-0.2, -0.15) is 0 Å². The van der Waals surface area contributed by atoms with Gasteiger partial charge >= 0.3 is 0 Å². The zero-order chi connectivity index (χ0) is 19.8. The highest BCUT2D eigenvalue weighted by Gasteiger charge is 2.12. The van der Waals surface area contributed by atoms with Gasteiger partial charge in [0, 0.05) is 17.7 Å². The largest absolute Gasteiger partial charge is 0.494 e. The lowest BCUT2D eigenvalue weighted by Crippen LogP contribution is -2.15. The van der Waals surface area contributed by atoms with Crippen molar-refractivity contribution in [3.8, 4) is 17.2 Å². The summed E-state index contributed by atoms with van der Waals surface area (Å²) in [5, 5.41) is 8.09. The third-order valence-electron chi connectivity index (χ3n) is 3.92. The topological polar surface area (TPSA) is 68.5 Å². The molecule has 1 heterocycles. The normalized spacial score (nSPS) is 11.0. The summed E-state index contributed by atoms with van der Waals surface area (Å²) in [5.74, 6) is 2.01. The summed E-state index contributed by atoms with van der Waals surface area (Å²) in [6.07, 6.45) is 0.973. The molecular weight excluding hydrogens is 374 g/mol. The minimum Gasteiger partial charge on any atom is -0.494 e. The second kappa shape index (κ2) is 10.1. The summed E-state index contributed by atoms with van der Waals surface area (Å²) in [6.45, 7) is 1.67. The van der Waals surface area contributed by atoms with Crippen molar-refractivity contribution < 1.29 is 13.9 Å². The molecule has 0 saturated carbocycles. The highest BCUT2D eigenvalue weighted by Crippen LogP contribution is 2.23. The number of thioether (sulfide) groups is 1. The lowest BCUT2D eigenvalue weighted by Gasteiger charge is -2.10. The minimum absolute atomic E-state index is 0.0175. The molecule has 0 saturated heterocycles.